The van der Waals surface area contributed by atoms with Gasteiger partial charge in [-0.25, -0.2) is 9.97 Å². The van der Waals surface area contributed by atoms with Gasteiger partial charge in [0.15, 0.2) is 5.16 Å². The van der Waals surface area contributed by atoms with Crippen LogP contribution in [0.2, 0.25) is 0 Å². The van der Waals surface area contributed by atoms with Crippen molar-refractivity contribution in [3.05, 3.63) is 18.5 Å². The van der Waals surface area contributed by atoms with Gasteiger partial charge in [-0.05, 0) is 19.4 Å². The zero-order chi connectivity index (χ0) is 11.1. The van der Waals surface area contributed by atoms with E-state index in [0.717, 1.165) is 11.7 Å². The van der Waals surface area contributed by atoms with Gasteiger partial charge in [-0.2, -0.15) is 0 Å². The van der Waals surface area contributed by atoms with Crippen LogP contribution in [0.3, 0.4) is 0 Å². The van der Waals surface area contributed by atoms with Crippen molar-refractivity contribution in [2.75, 3.05) is 6.54 Å². The topological polar surface area (TPSA) is 37.8 Å². The lowest BCUT2D eigenvalue weighted by Gasteiger charge is -2.15. The molecule has 0 bridgehead atoms. The minimum Gasteiger partial charge on any atom is -0.313 e. The Labute approximate surface area is 96.1 Å². The Bertz CT molecular complexity index is 266. The van der Waals surface area contributed by atoms with Crippen molar-refractivity contribution < 1.29 is 0 Å². The van der Waals surface area contributed by atoms with Gasteiger partial charge in [0.05, 0.1) is 0 Å². The fourth-order valence-corrected chi connectivity index (χ4v) is 1.86. The zero-order valence-corrected chi connectivity index (χ0v) is 10.4. The monoisotopic (exact) mass is 225 g/mol. The largest absolute Gasteiger partial charge is 0.313 e. The quantitative estimate of drug-likeness (QED) is 0.596. The number of nitrogens with zero attached hydrogens (tertiary/aromatic N) is 2. The molecule has 3 nitrogen and oxygen atoms in total. The van der Waals surface area contributed by atoms with Gasteiger partial charge in [-0.1, -0.05) is 25.6 Å². The highest BCUT2D eigenvalue weighted by atomic mass is 32.2. The van der Waals surface area contributed by atoms with Crippen LogP contribution in [0.25, 0.3) is 0 Å². The van der Waals surface area contributed by atoms with Gasteiger partial charge in [0, 0.05) is 30.2 Å². The first-order valence-corrected chi connectivity index (χ1v) is 6.27. The second kappa shape index (κ2) is 6.80. The number of thioether (sulfide) groups is 1. The van der Waals surface area contributed by atoms with E-state index in [-0.39, 0.29) is 0 Å². The molecule has 0 radical (unpaired) electrons. The summed E-state index contributed by atoms with van der Waals surface area (Å²) in [6.07, 6.45) is 4.73. The van der Waals surface area contributed by atoms with Gasteiger partial charge in [0.2, 0.25) is 0 Å². The first kappa shape index (κ1) is 12.5. The van der Waals surface area contributed by atoms with Crippen LogP contribution in [0, 0.1) is 0 Å². The third kappa shape index (κ3) is 5.14. The van der Waals surface area contributed by atoms with E-state index in [0.29, 0.717) is 11.3 Å². The van der Waals surface area contributed by atoms with E-state index in [2.05, 4.69) is 36.1 Å². The highest BCUT2D eigenvalue weighted by Gasteiger charge is 2.07. The fraction of sp³-hybridized carbons (Fsp3) is 0.636. The van der Waals surface area contributed by atoms with Gasteiger partial charge < -0.3 is 5.32 Å². The van der Waals surface area contributed by atoms with Crippen molar-refractivity contribution in [2.24, 2.45) is 0 Å². The molecule has 1 N–H and O–H groups in total. The Balaban J connectivity index is 2.27. The lowest BCUT2D eigenvalue weighted by Crippen LogP contribution is -2.30. The molecule has 1 aromatic rings. The second-order valence-electron chi connectivity index (χ2n) is 3.68. The van der Waals surface area contributed by atoms with Crippen LogP contribution in [-0.2, 0) is 0 Å². The second-order valence-corrected chi connectivity index (χ2v) is 5.08. The molecule has 0 spiro atoms. The SMILES string of the molecule is CCC(C)NCC(C)Sc1ncccn1. The van der Waals surface area contributed by atoms with E-state index in [9.17, 15) is 0 Å². The summed E-state index contributed by atoms with van der Waals surface area (Å²) in [4.78, 5) is 8.38. The Morgan fingerprint density at radius 1 is 1.33 bits per heavy atom. The standard InChI is InChI=1S/C11H19N3S/c1-4-9(2)14-8-10(3)15-11-12-6-5-7-13-11/h5-7,9-10,14H,4,8H2,1-3H3. The number of nitrogens with one attached hydrogen (secondary N) is 1. The summed E-state index contributed by atoms with van der Waals surface area (Å²) in [5.41, 5.74) is 0. The molecule has 0 fully saturated rings. The van der Waals surface area contributed by atoms with Crippen LogP contribution in [0.15, 0.2) is 23.6 Å². The van der Waals surface area contributed by atoms with Crippen LogP contribution < -0.4 is 5.32 Å². The van der Waals surface area contributed by atoms with Crippen LogP contribution in [0.5, 0.6) is 0 Å². The first-order chi connectivity index (χ1) is 7.22. The number of hydrogen-bond acceptors (Lipinski definition) is 4. The average molecular weight is 225 g/mol. The minimum absolute atomic E-state index is 0.501. The molecule has 1 heterocycles. The van der Waals surface area contributed by atoms with E-state index < -0.39 is 0 Å². The molecule has 1 rings (SSSR count). The predicted molar refractivity (Wildman–Crippen MR) is 65.1 cm³/mol. The molecule has 0 aliphatic carbocycles. The van der Waals surface area contributed by atoms with Gasteiger partial charge in [0.1, 0.15) is 0 Å². The molecule has 84 valence electrons. The Hall–Kier alpha value is -0.610. The van der Waals surface area contributed by atoms with Crippen LogP contribution >= 0.6 is 11.8 Å². The molecule has 0 aromatic carbocycles. The molecule has 0 aliphatic rings. The van der Waals surface area contributed by atoms with Crippen molar-refractivity contribution in [3.63, 3.8) is 0 Å². The summed E-state index contributed by atoms with van der Waals surface area (Å²) in [5.74, 6) is 0. The summed E-state index contributed by atoms with van der Waals surface area (Å²) in [7, 11) is 0. The molecular formula is C11H19N3S. The van der Waals surface area contributed by atoms with E-state index in [1.165, 1.54) is 6.42 Å². The number of hydrogen-bond donors (Lipinski definition) is 1. The first-order valence-electron chi connectivity index (χ1n) is 5.39. The smallest absolute Gasteiger partial charge is 0.187 e. The highest BCUT2D eigenvalue weighted by molar-refractivity contribution is 7.99. The molecule has 0 saturated carbocycles. The van der Waals surface area contributed by atoms with Crippen LogP contribution in [0.1, 0.15) is 27.2 Å². The third-order valence-electron chi connectivity index (χ3n) is 2.21. The Morgan fingerprint density at radius 3 is 2.60 bits per heavy atom. The molecule has 4 heteroatoms. The van der Waals surface area contributed by atoms with Gasteiger partial charge in [0.25, 0.3) is 0 Å². The summed E-state index contributed by atoms with van der Waals surface area (Å²) in [6, 6.07) is 2.43. The number of rotatable bonds is 6. The molecular weight excluding hydrogens is 206 g/mol. The lowest BCUT2D eigenvalue weighted by molar-refractivity contribution is 0.536. The Kier molecular flexibility index (Phi) is 5.65. The van der Waals surface area contributed by atoms with Crippen molar-refractivity contribution in [2.45, 2.75) is 43.6 Å². The normalized spacial score (nSPS) is 14.9. The predicted octanol–water partition coefficient (Wildman–Crippen LogP) is 2.35. The van der Waals surface area contributed by atoms with Crippen molar-refractivity contribution >= 4 is 11.8 Å². The lowest BCUT2D eigenvalue weighted by atomic mass is 10.2. The zero-order valence-electron chi connectivity index (χ0n) is 9.60. The maximum absolute atomic E-state index is 4.19. The maximum atomic E-state index is 4.19. The molecule has 15 heavy (non-hydrogen) atoms. The molecule has 0 amide bonds. The van der Waals surface area contributed by atoms with Crippen molar-refractivity contribution in [3.8, 4) is 0 Å². The molecule has 0 aliphatic heterocycles. The minimum atomic E-state index is 0.501. The molecule has 0 saturated heterocycles. The van der Waals surface area contributed by atoms with Gasteiger partial charge >= 0.3 is 0 Å². The third-order valence-corrected chi connectivity index (χ3v) is 3.21. The van der Waals surface area contributed by atoms with Crippen molar-refractivity contribution in [1.29, 1.82) is 0 Å². The molecule has 1 aromatic heterocycles. The molecule has 2 unspecified atom stereocenters. The average Bonchev–Trinajstić information content (AvgIpc) is 2.27. The van der Waals surface area contributed by atoms with Gasteiger partial charge in [-0.3, -0.25) is 0 Å². The van der Waals surface area contributed by atoms with Crippen LogP contribution in [-0.4, -0.2) is 27.8 Å². The summed E-state index contributed by atoms with van der Waals surface area (Å²) < 4.78 is 0. The Morgan fingerprint density at radius 2 is 2.00 bits per heavy atom. The van der Waals surface area contributed by atoms with E-state index >= 15 is 0 Å². The van der Waals surface area contributed by atoms with E-state index in [1.807, 2.05) is 6.07 Å². The van der Waals surface area contributed by atoms with E-state index in [1.54, 1.807) is 24.2 Å². The van der Waals surface area contributed by atoms with Crippen LogP contribution in [0.4, 0.5) is 0 Å². The maximum Gasteiger partial charge on any atom is 0.187 e. The van der Waals surface area contributed by atoms with Crippen molar-refractivity contribution in [1.82, 2.24) is 15.3 Å². The van der Waals surface area contributed by atoms with E-state index in [4.69, 9.17) is 0 Å². The number of aromatic nitrogens is 2. The summed E-state index contributed by atoms with van der Waals surface area (Å²) in [6.45, 7) is 7.58. The van der Waals surface area contributed by atoms with Gasteiger partial charge in [-0.15, -0.1) is 0 Å². The fourth-order valence-electron chi connectivity index (χ4n) is 1.08. The molecule has 2 atom stereocenters. The highest BCUT2D eigenvalue weighted by Crippen LogP contribution is 2.17. The summed E-state index contributed by atoms with van der Waals surface area (Å²) in [5, 5.41) is 4.83. The summed E-state index contributed by atoms with van der Waals surface area (Å²) >= 11 is 1.71.